The van der Waals surface area contributed by atoms with Gasteiger partial charge in [-0.25, -0.2) is 0 Å². The summed E-state index contributed by atoms with van der Waals surface area (Å²) >= 11 is 0. The van der Waals surface area contributed by atoms with Gasteiger partial charge in [-0.15, -0.1) is 0 Å². The van der Waals surface area contributed by atoms with Crippen molar-refractivity contribution in [2.45, 2.75) is 19.0 Å². The first kappa shape index (κ1) is 11.2. The Bertz CT molecular complexity index is 157. The van der Waals surface area contributed by atoms with Crippen LogP contribution in [0.2, 0.25) is 0 Å². The van der Waals surface area contributed by atoms with Crippen molar-refractivity contribution in [1.29, 1.82) is 0 Å². The summed E-state index contributed by atoms with van der Waals surface area (Å²) in [6.07, 6.45) is -5.70. The minimum absolute atomic E-state index is 0.155. The Morgan fingerprint density at radius 1 is 1.50 bits per heavy atom. The minimum atomic E-state index is -4.46. The molecular formula is C6H10F3NO2. The number of rotatable bonds is 4. The third-order valence-corrected chi connectivity index (χ3v) is 1.40. The van der Waals surface area contributed by atoms with E-state index < -0.39 is 24.5 Å². The first-order chi connectivity index (χ1) is 5.38. The van der Waals surface area contributed by atoms with Crippen LogP contribution < -0.4 is 5.73 Å². The molecule has 0 unspecified atom stereocenters. The predicted octanol–water partition coefficient (Wildman–Crippen LogP) is 0.988. The monoisotopic (exact) mass is 185 g/mol. The molecule has 3 nitrogen and oxygen atoms in total. The first-order valence-electron chi connectivity index (χ1n) is 3.36. The summed E-state index contributed by atoms with van der Waals surface area (Å²) in [5.41, 5.74) is 4.91. The number of carbonyl (C=O) groups is 1. The van der Waals surface area contributed by atoms with E-state index in [0.717, 1.165) is 0 Å². The van der Waals surface area contributed by atoms with Gasteiger partial charge in [0.1, 0.15) is 0 Å². The molecule has 0 aromatic carbocycles. The fourth-order valence-corrected chi connectivity index (χ4v) is 0.793. The Morgan fingerprint density at radius 2 is 2.00 bits per heavy atom. The van der Waals surface area contributed by atoms with Crippen molar-refractivity contribution in [3.63, 3.8) is 0 Å². The van der Waals surface area contributed by atoms with Gasteiger partial charge in [0.05, 0.1) is 12.3 Å². The van der Waals surface area contributed by atoms with E-state index in [-0.39, 0.29) is 13.0 Å². The lowest BCUT2D eigenvalue weighted by atomic mass is 10.0. The molecule has 0 aromatic rings. The highest BCUT2D eigenvalue weighted by Gasteiger charge is 2.39. The Hall–Kier alpha value is -0.780. The summed E-state index contributed by atoms with van der Waals surface area (Å²) in [6.45, 7) is -0.155. The van der Waals surface area contributed by atoms with Gasteiger partial charge in [0.25, 0.3) is 0 Å². The number of carboxylic acid groups (broad SMARTS) is 1. The fourth-order valence-electron chi connectivity index (χ4n) is 0.793. The van der Waals surface area contributed by atoms with Gasteiger partial charge >= 0.3 is 12.1 Å². The maximum Gasteiger partial charge on any atom is 0.392 e. The van der Waals surface area contributed by atoms with Crippen LogP contribution in [0.15, 0.2) is 0 Å². The molecule has 0 saturated carbocycles. The first-order valence-corrected chi connectivity index (χ1v) is 3.36. The molecule has 0 bridgehead atoms. The van der Waals surface area contributed by atoms with E-state index in [2.05, 4.69) is 0 Å². The molecule has 0 heterocycles. The third-order valence-electron chi connectivity index (χ3n) is 1.40. The van der Waals surface area contributed by atoms with E-state index in [1.165, 1.54) is 0 Å². The summed E-state index contributed by atoms with van der Waals surface area (Å²) in [5, 5.41) is 8.13. The maximum absolute atomic E-state index is 11.9. The molecular weight excluding hydrogens is 175 g/mol. The van der Waals surface area contributed by atoms with Crippen LogP contribution in [-0.2, 0) is 4.79 Å². The van der Waals surface area contributed by atoms with Crippen LogP contribution >= 0.6 is 0 Å². The van der Waals surface area contributed by atoms with Crippen molar-refractivity contribution in [3.8, 4) is 0 Å². The second-order valence-corrected chi connectivity index (χ2v) is 2.41. The van der Waals surface area contributed by atoms with Crippen LogP contribution in [0.5, 0.6) is 0 Å². The lowest BCUT2D eigenvalue weighted by molar-refractivity contribution is -0.183. The lowest BCUT2D eigenvalue weighted by Crippen LogP contribution is -2.27. The molecule has 72 valence electrons. The molecule has 12 heavy (non-hydrogen) atoms. The quantitative estimate of drug-likeness (QED) is 0.686. The second-order valence-electron chi connectivity index (χ2n) is 2.41. The number of halogens is 3. The predicted molar refractivity (Wildman–Crippen MR) is 35.5 cm³/mol. The van der Waals surface area contributed by atoms with Crippen LogP contribution in [0.25, 0.3) is 0 Å². The number of hydrogen-bond donors (Lipinski definition) is 2. The molecule has 0 aliphatic heterocycles. The van der Waals surface area contributed by atoms with Gasteiger partial charge in [-0.1, -0.05) is 0 Å². The third kappa shape index (κ3) is 4.17. The standard InChI is InChI=1S/C6H10F3NO2/c7-6(8,9)4(1-2-10)3-5(11)12/h4H,1-3,10H2,(H,11,12)/t4-/m1/s1. The fraction of sp³-hybridized carbons (Fsp3) is 0.833. The molecule has 0 spiro atoms. The topological polar surface area (TPSA) is 63.3 Å². The molecule has 0 aliphatic carbocycles. The zero-order valence-electron chi connectivity index (χ0n) is 6.27. The van der Waals surface area contributed by atoms with E-state index in [1.54, 1.807) is 0 Å². The molecule has 0 radical (unpaired) electrons. The molecule has 6 heteroatoms. The molecule has 0 fully saturated rings. The Kier molecular flexibility index (Phi) is 4.02. The van der Waals surface area contributed by atoms with Crippen molar-refractivity contribution < 1.29 is 23.1 Å². The van der Waals surface area contributed by atoms with Crippen LogP contribution in [0.3, 0.4) is 0 Å². The van der Waals surface area contributed by atoms with Crippen LogP contribution in [0.4, 0.5) is 13.2 Å². The lowest BCUT2D eigenvalue weighted by Gasteiger charge is -2.16. The molecule has 0 aliphatic rings. The highest BCUT2D eigenvalue weighted by Crippen LogP contribution is 2.30. The van der Waals surface area contributed by atoms with Gasteiger partial charge in [0, 0.05) is 0 Å². The van der Waals surface area contributed by atoms with E-state index in [1.807, 2.05) is 0 Å². The zero-order chi connectivity index (χ0) is 9.78. The average Bonchev–Trinajstić information content (AvgIpc) is 1.83. The van der Waals surface area contributed by atoms with Crippen LogP contribution in [0, 0.1) is 5.92 Å². The maximum atomic E-state index is 11.9. The van der Waals surface area contributed by atoms with E-state index >= 15 is 0 Å². The van der Waals surface area contributed by atoms with Crippen molar-refractivity contribution >= 4 is 5.97 Å². The van der Waals surface area contributed by atoms with E-state index in [9.17, 15) is 18.0 Å². The van der Waals surface area contributed by atoms with Gasteiger partial charge in [-0.05, 0) is 13.0 Å². The molecule has 0 rings (SSSR count). The smallest absolute Gasteiger partial charge is 0.392 e. The second kappa shape index (κ2) is 4.30. The summed E-state index contributed by atoms with van der Waals surface area (Å²) in [6, 6.07) is 0. The number of nitrogens with two attached hydrogens (primary N) is 1. The summed E-state index contributed by atoms with van der Waals surface area (Å²) in [4.78, 5) is 9.99. The van der Waals surface area contributed by atoms with Gasteiger partial charge in [0.15, 0.2) is 0 Å². The number of hydrogen-bond acceptors (Lipinski definition) is 2. The largest absolute Gasteiger partial charge is 0.481 e. The van der Waals surface area contributed by atoms with Crippen LogP contribution in [-0.4, -0.2) is 23.8 Å². The number of alkyl halides is 3. The van der Waals surface area contributed by atoms with Gasteiger partial charge in [-0.3, -0.25) is 4.79 Å². The van der Waals surface area contributed by atoms with E-state index in [4.69, 9.17) is 10.8 Å². The summed E-state index contributed by atoms with van der Waals surface area (Å²) in [7, 11) is 0. The molecule has 0 amide bonds. The number of aliphatic carboxylic acids is 1. The highest BCUT2D eigenvalue weighted by atomic mass is 19.4. The SMILES string of the molecule is NCC[C@H](CC(=O)O)C(F)(F)F. The normalized spacial score (nSPS) is 14.3. The summed E-state index contributed by atoms with van der Waals surface area (Å²) < 4.78 is 35.8. The minimum Gasteiger partial charge on any atom is -0.481 e. The molecule has 3 N–H and O–H groups in total. The van der Waals surface area contributed by atoms with Gasteiger partial charge in [-0.2, -0.15) is 13.2 Å². The average molecular weight is 185 g/mol. The van der Waals surface area contributed by atoms with Crippen molar-refractivity contribution in [1.82, 2.24) is 0 Å². The highest BCUT2D eigenvalue weighted by molar-refractivity contribution is 5.67. The van der Waals surface area contributed by atoms with Gasteiger partial charge < -0.3 is 10.8 Å². The van der Waals surface area contributed by atoms with Crippen molar-refractivity contribution in [2.24, 2.45) is 11.7 Å². The Balaban J connectivity index is 4.13. The zero-order valence-corrected chi connectivity index (χ0v) is 6.27. The summed E-state index contributed by atoms with van der Waals surface area (Å²) in [5.74, 6) is -3.27. The Morgan fingerprint density at radius 3 is 2.25 bits per heavy atom. The van der Waals surface area contributed by atoms with E-state index in [0.29, 0.717) is 0 Å². The van der Waals surface area contributed by atoms with Crippen molar-refractivity contribution in [3.05, 3.63) is 0 Å². The van der Waals surface area contributed by atoms with Gasteiger partial charge in [0.2, 0.25) is 0 Å². The van der Waals surface area contributed by atoms with Crippen molar-refractivity contribution in [2.75, 3.05) is 6.54 Å². The number of carboxylic acids is 1. The molecule has 0 saturated heterocycles. The Labute approximate surface area is 67.4 Å². The molecule has 1 atom stereocenters. The van der Waals surface area contributed by atoms with Crippen LogP contribution in [0.1, 0.15) is 12.8 Å². The molecule has 0 aromatic heterocycles.